The topological polar surface area (TPSA) is 59.5 Å². The van der Waals surface area contributed by atoms with Crippen molar-refractivity contribution >= 4 is 23.6 Å². The van der Waals surface area contributed by atoms with E-state index in [1.54, 1.807) is 0 Å². The highest BCUT2D eigenvalue weighted by atomic mass is 16.5. The monoisotopic (exact) mass is 298 g/mol. The van der Waals surface area contributed by atoms with Gasteiger partial charge in [-0.3, -0.25) is 9.78 Å². The lowest BCUT2D eigenvalue weighted by atomic mass is 10.1. The first-order valence-corrected chi connectivity index (χ1v) is 7.31. The Bertz CT molecular complexity index is 708. The minimum atomic E-state index is -0.390. The number of aldehydes is 1. The van der Waals surface area contributed by atoms with Crippen molar-refractivity contribution in [2.24, 2.45) is 0 Å². The lowest BCUT2D eigenvalue weighted by Gasteiger charge is -2.16. The van der Waals surface area contributed by atoms with E-state index < -0.39 is 0 Å². The van der Waals surface area contributed by atoms with Crippen molar-refractivity contribution in [2.45, 2.75) is 32.4 Å². The van der Waals surface area contributed by atoms with Gasteiger partial charge in [0.05, 0.1) is 18.1 Å². The molecule has 22 heavy (non-hydrogen) atoms. The summed E-state index contributed by atoms with van der Waals surface area (Å²) in [6.07, 6.45) is 1.86. The van der Waals surface area contributed by atoms with Crippen molar-refractivity contribution in [2.75, 3.05) is 6.54 Å². The second kappa shape index (κ2) is 5.75. The van der Waals surface area contributed by atoms with E-state index in [0.29, 0.717) is 19.4 Å². The van der Waals surface area contributed by atoms with Crippen molar-refractivity contribution in [3.05, 3.63) is 35.5 Å². The number of amides is 1. The van der Waals surface area contributed by atoms with E-state index in [9.17, 15) is 9.59 Å². The van der Waals surface area contributed by atoms with Crippen LogP contribution in [0.1, 0.15) is 17.7 Å². The summed E-state index contributed by atoms with van der Waals surface area (Å²) in [4.78, 5) is 28.0. The van der Waals surface area contributed by atoms with Crippen LogP contribution in [0.4, 0.5) is 0 Å². The van der Waals surface area contributed by atoms with E-state index in [2.05, 4.69) is 4.98 Å². The molecule has 0 saturated carbocycles. The summed E-state index contributed by atoms with van der Waals surface area (Å²) in [6.45, 7) is 4.38. The highest BCUT2D eigenvalue weighted by molar-refractivity contribution is 5.85. The van der Waals surface area contributed by atoms with Crippen molar-refractivity contribution in [1.82, 2.24) is 9.88 Å². The van der Waals surface area contributed by atoms with Crippen LogP contribution in [0.2, 0.25) is 0 Å². The molecule has 1 aliphatic rings. The van der Waals surface area contributed by atoms with Gasteiger partial charge in [0.25, 0.3) is 0 Å². The Morgan fingerprint density at radius 3 is 2.77 bits per heavy atom. The molecule has 2 heterocycles. The molecule has 1 aromatic carbocycles. The highest BCUT2D eigenvalue weighted by Crippen LogP contribution is 2.29. The third-order valence-electron chi connectivity index (χ3n) is 3.99. The van der Waals surface area contributed by atoms with E-state index in [0.717, 1.165) is 34.2 Å². The maximum Gasteiger partial charge on any atom is 0.210 e. The van der Waals surface area contributed by atoms with Gasteiger partial charge in [-0.05, 0) is 31.5 Å². The third kappa shape index (κ3) is 2.66. The lowest BCUT2D eigenvalue weighted by Crippen LogP contribution is -2.29. The molecule has 1 aromatic heterocycles. The van der Waals surface area contributed by atoms with Crippen LogP contribution >= 0.6 is 0 Å². The predicted octanol–water partition coefficient (Wildman–Crippen LogP) is 2.03. The molecular weight excluding hydrogens is 280 g/mol. The van der Waals surface area contributed by atoms with Gasteiger partial charge in [0.2, 0.25) is 6.41 Å². The Labute approximate surface area is 128 Å². The molecule has 2 atom stereocenters. The van der Waals surface area contributed by atoms with E-state index in [4.69, 9.17) is 4.74 Å². The molecular formula is C17H18N2O3. The van der Waals surface area contributed by atoms with Crippen molar-refractivity contribution < 1.29 is 14.3 Å². The van der Waals surface area contributed by atoms with Crippen molar-refractivity contribution in [3.8, 4) is 5.75 Å². The number of pyridine rings is 1. The number of rotatable bonds is 4. The fourth-order valence-corrected chi connectivity index (χ4v) is 2.90. The first-order chi connectivity index (χ1) is 10.6. The van der Waals surface area contributed by atoms with Crippen LogP contribution in [0.3, 0.4) is 0 Å². The summed E-state index contributed by atoms with van der Waals surface area (Å²) in [7, 11) is 0. The van der Waals surface area contributed by atoms with Gasteiger partial charge in [-0.25, -0.2) is 0 Å². The van der Waals surface area contributed by atoms with E-state index in [1.807, 2.05) is 38.1 Å². The van der Waals surface area contributed by atoms with Gasteiger partial charge >= 0.3 is 0 Å². The maximum atomic E-state index is 11.0. The highest BCUT2D eigenvalue weighted by Gasteiger charge is 2.32. The fourth-order valence-electron chi connectivity index (χ4n) is 2.90. The molecule has 5 heteroatoms. The second-order valence-corrected chi connectivity index (χ2v) is 5.76. The SMILES string of the molecule is Cc1ccc2c(OC3CC(C=O)N(C=O)C3)cc(C)nc2c1. The number of fused-ring (bicyclic) bond motifs is 1. The first kappa shape index (κ1) is 14.5. The number of aryl methyl sites for hydroxylation is 2. The molecule has 0 N–H and O–H groups in total. The first-order valence-electron chi connectivity index (χ1n) is 7.31. The number of benzene rings is 1. The van der Waals surface area contributed by atoms with Crippen molar-refractivity contribution in [1.29, 1.82) is 0 Å². The number of carbonyl (C=O) groups is 2. The Kier molecular flexibility index (Phi) is 3.79. The van der Waals surface area contributed by atoms with E-state index in [-0.39, 0.29) is 12.1 Å². The molecule has 114 valence electrons. The number of hydrogen-bond acceptors (Lipinski definition) is 4. The van der Waals surface area contributed by atoms with Gasteiger partial charge in [0.1, 0.15) is 18.1 Å². The van der Waals surface area contributed by atoms with Gasteiger partial charge in [-0.2, -0.15) is 0 Å². The van der Waals surface area contributed by atoms with Gasteiger partial charge in [0.15, 0.2) is 0 Å². The van der Waals surface area contributed by atoms with Crippen LogP contribution in [0.5, 0.6) is 5.75 Å². The fraction of sp³-hybridized carbons (Fsp3) is 0.353. The molecule has 1 saturated heterocycles. The zero-order valence-corrected chi connectivity index (χ0v) is 12.7. The van der Waals surface area contributed by atoms with E-state index in [1.165, 1.54) is 4.90 Å². The third-order valence-corrected chi connectivity index (χ3v) is 3.99. The number of likely N-dealkylation sites (tertiary alicyclic amines) is 1. The number of carbonyl (C=O) groups excluding carboxylic acids is 2. The molecule has 2 unspecified atom stereocenters. The summed E-state index contributed by atoms with van der Waals surface area (Å²) >= 11 is 0. The van der Waals surface area contributed by atoms with Crippen LogP contribution in [-0.4, -0.2) is 41.3 Å². The number of aromatic nitrogens is 1. The Balaban J connectivity index is 1.91. The van der Waals surface area contributed by atoms with Gasteiger partial charge in [-0.1, -0.05) is 6.07 Å². The smallest absolute Gasteiger partial charge is 0.210 e. The summed E-state index contributed by atoms with van der Waals surface area (Å²) in [6, 6.07) is 7.55. The average Bonchev–Trinajstić information content (AvgIpc) is 2.88. The molecule has 0 radical (unpaired) electrons. The standard InChI is InChI=1S/C17H18N2O3/c1-11-3-4-15-16(5-11)18-12(2)6-17(15)22-14-7-13(9-20)19(8-14)10-21/h3-6,9-10,13-14H,7-8H2,1-2H3. The molecule has 1 amide bonds. The zero-order valence-electron chi connectivity index (χ0n) is 12.7. The molecule has 2 aromatic rings. The van der Waals surface area contributed by atoms with Gasteiger partial charge in [-0.15, -0.1) is 0 Å². The summed E-state index contributed by atoms with van der Waals surface area (Å²) in [5.41, 5.74) is 2.92. The van der Waals surface area contributed by atoms with Crippen LogP contribution in [-0.2, 0) is 9.59 Å². The molecule has 1 aliphatic heterocycles. The van der Waals surface area contributed by atoms with Crippen LogP contribution in [0.25, 0.3) is 10.9 Å². The zero-order chi connectivity index (χ0) is 15.7. The van der Waals surface area contributed by atoms with Gasteiger partial charge < -0.3 is 14.4 Å². The Hall–Kier alpha value is -2.43. The molecule has 5 nitrogen and oxygen atoms in total. The summed E-state index contributed by atoms with van der Waals surface area (Å²) < 4.78 is 6.07. The Morgan fingerprint density at radius 2 is 2.09 bits per heavy atom. The minimum absolute atomic E-state index is 0.174. The Morgan fingerprint density at radius 1 is 1.27 bits per heavy atom. The largest absolute Gasteiger partial charge is 0.488 e. The minimum Gasteiger partial charge on any atom is -0.488 e. The van der Waals surface area contributed by atoms with Crippen molar-refractivity contribution in [3.63, 3.8) is 0 Å². The normalized spacial score (nSPS) is 21.1. The number of ether oxygens (including phenoxy) is 1. The maximum absolute atomic E-state index is 11.0. The molecule has 1 fully saturated rings. The molecule has 0 aliphatic carbocycles. The summed E-state index contributed by atoms with van der Waals surface area (Å²) in [5, 5.41) is 0.948. The lowest BCUT2D eigenvalue weighted by molar-refractivity contribution is -0.123. The van der Waals surface area contributed by atoms with Crippen LogP contribution in [0.15, 0.2) is 24.3 Å². The molecule has 3 rings (SSSR count). The molecule has 0 bridgehead atoms. The van der Waals surface area contributed by atoms with E-state index >= 15 is 0 Å². The van der Waals surface area contributed by atoms with Gasteiger partial charge in [0, 0.05) is 23.6 Å². The van der Waals surface area contributed by atoms with Crippen LogP contribution < -0.4 is 4.74 Å². The van der Waals surface area contributed by atoms with Crippen LogP contribution in [0, 0.1) is 13.8 Å². The number of nitrogens with zero attached hydrogens (tertiary/aromatic N) is 2. The quantitative estimate of drug-likeness (QED) is 0.810. The predicted molar refractivity (Wildman–Crippen MR) is 82.9 cm³/mol. The second-order valence-electron chi connectivity index (χ2n) is 5.76. The number of hydrogen-bond donors (Lipinski definition) is 0. The summed E-state index contributed by atoms with van der Waals surface area (Å²) in [5.74, 6) is 0.755. The average molecular weight is 298 g/mol. The molecule has 0 spiro atoms.